The van der Waals surface area contributed by atoms with Crippen molar-refractivity contribution in [1.29, 1.82) is 0 Å². The lowest BCUT2D eigenvalue weighted by molar-refractivity contribution is -0.122. The second-order valence-electron chi connectivity index (χ2n) is 7.35. The van der Waals surface area contributed by atoms with Gasteiger partial charge in [0.25, 0.3) is 5.91 Å². The van der Waals surface area contributed by atoms with Gasteiger partial charge in [0, 0.05) is 18.9 Å². The molecule has 10 heteroatoms. The van der Waals surface area contributed by atoms with Crippen molar-refractivity contribution in [3.05, 3.63) is 84.4 Å². The molecule has 1 unspecified atom stereocenters. The van der Waals surface area contributed by atoms with Crippen LogP contribution in [0.4, 0.5) is 10.1 Å². The minimum atomic E-state index is -4.25. The van der Waals surface area contributed by atoms with Crippen LogP contribution in [-0.4, -0.2) is 42.7 Å². The van der Waals surface area contributed by atoms with Gasteiger partial charge in [-0.1, -0.05) is 6.07 Å². The first kappa shape index (κ1) is 22.6. The fraction of sp³-hybridized carbons (Fsp3) is 0.174. The lowest BCUT2D eigenvalue weighted by Crippen LogP contribution is -2.45. The smallest absolute Gasteiger partial charge is 0.252 e. The molecule has 1 saturated heterocycles. The summed E-state index contributed by atoms with van der Waals surface area (Å²) in [7, 11) is -2.76. The van der Waals surface area contributed by atoms with Crippen LogP contribution >= 0.6 is 0 Å². The molecule has 0 N–H and O–H groups in total. The topological polar surface area (TPSA) is 96.9 Å². The van der Waals surface area contributed by atoms with E-state index in [2.05, 4.69) is 4.98 Å². The molecule has 1 aliphatic heterocycles. The van der Waals surface area contributed by atoms with Gasteiger partial charge in [0.15, 0.2) is 0 Å². The molecule has 33 heavy (non-hydrogen) atoms. The number of halogens is 1. The summed E-state index contributed by atoms with van der Waals surface area (Å²) >= 11 is 0. The van der Waals surface area contributed by atoms with E-state index in [0.29, 0.717) is 17.0 Å². The van der Waals surface area contributed by atoms with E-state index in [0.717, 1.165) is 33.5 Å². The average Bonchev–Trinajstić information content (AvgIpc) is 3.11. The summed E-state index contributed by atoms with van der Waals surface area (Å²) in [5, 5.41) is 0. The number of aromatic nitrogens is 1. The molecule has 2 amide bonds. The molecule has 1 aromatic heterocycles. The van der Waals surface area contributed by atoms with Crippen LogP contribution in [0, 0.1) is 5.82 Å². The quantitative estimate of drug-likeness (QED) is 0.494. The molecule has 4 rings (SSSR count). The van der Waals surface area contributed by atoms with Crippen molar-refractivity contribution in [2.75, 3.05) is 12.0 Å². The molecule has 3 aromatic rings. The molecule has 2 heterocycles. The fourth-order valence-corrected chi connectivity index (χ4v) is 5.19. The van der Waals surface area contributed by atoms with E-state index in [1.54, 1.807) is 36.4 Å². The predicted molar refractivity (Wildman–Crippen MR) is 117 cm³/mol. The molecular weight excluding hydrogens is 449 g/mol. The monoisotopic (exact) mass is 469 g/mol. The van der Waals surface area contributed by atoms with Gasteiger partial charge in [-0.25, -0.2) is 17.7 Å². The maximum Gasteiger partial charge on any atom is 0.252 e. The van der Waals surface area contributed by atoms with E-state index in [4.69, 9.17) is 4.74 Å². The number of hydrogen-bond acceptors (Lipinski definition) is 6. The average molecular weight is 469 g/mol. The molecule has 2 aromatic carbocycles. The van der Waals surface area contributed by atoms with Gasteiger partial charge in [0.05, 0.1) is 24.1 Å². The van der Waals surface area contributed by atoms with Crippen LogP contribution in [0.5, 0.6) is 5.75 Å². The normalized spacial score (nSPS) is 16.5. The number of sulfonamides is 1. The van der Waals surface area contributed by atoms with E-state index in [1.807, 2.05) is 0 Å². The van der Waals surface area contributed by atoms with Crippen molar-refractivity contribution < 1.29 is 27.1 Å². The molecule has 0 radical (unpaired) electrons. The molecule has 0 aliphatic carbocycles. The van der Waals surface area contributed by atoms with E-state index < -0.39 is 33.7 Å². The number of pyridine rings is 1. The van der Waals surface area contributed by atoms with Crippen molar-refractivity contribution in [1.82, 2.24) is 9.29 Å². The van der Waals surface area contributed by atoms with Gasteiger partial charge in [0.2, 0.25) is 15.9 Å². The maximum atomic E-state index is 13.5. The number of carbonyl (C=O) groups excluding carboxylic acids is 2. The zero-order valence-corrected chi connectivity index (χ0v) is 18.4. The molecular formula is C23H20FN3O5S. The number of nitrogens with zero attached hydrogens (tertiary/aromatic N) is 3. The molecule has 1 fully saturated rings. The third-order valence-electron chi connectivity index (χ3n) is 5.28. The number of amides is 2. The Morgan fingerprint density at radius 2 is 1.79 bits per heavy atom. The maximum absolute atomic E-state index is 13.5. The highest BCUT2D eigenvalue weighted by atomic mass is 32.2. The van der Waals surface area contributed by atoms with Gasteiger partial charge in [-0.05, 0) is 60.2 Å². The third-order valence-corrected chi connectivity index (χ3v) is 7.15. The van der Waals surface area contributed by atoms with Crippen molar-refractivity contribution >= 4 is 27.5 Å². The third kappa shape index (κ3) is 4.48. The molecule has 1 aliphatic rings. The van der Waals surface area contributed by atoms with Crippen LogP contribution in [0.25, 0.3) is 0 Å². The molecule has 8 nitrogen and oxygen atoms in total. The minimum Gasteiger partial charge on any atom is -0.497 e. The Bertz CT molecular complexity index is 1270. The first-order chi connectivity index (χ1) is 15.8. The Hall–Kier alpha value is -3.63. The van der Waals surface area contributed by atoms with Gasteiger partial charge in [-0.2, -0.15) is 4.31 Å². The van der Waals surface area contributed by atoms with E-state index in [-0.39, 0.29) is 17.9 Å². The van der Waals surface area contributed by atoms with Crippen molar-refractivity contribution in [3.63, 3.8) is 0 Å². The second-order valence-corrected chi connectivity index (χ2v) is 9.24. The van der Waals surface area contributed by atoms with Crippen molar-refractivity contribution in [3.8, 4) is 5.75 Å². The molecule has 1 atom stereocenters. The Labute approximate surface area is 190 Å². The van der Waals surface area contributed by atoms with Crippen LogP contribution in [0.2, 0.25) is 0 Å². The largest absolute Gasteiger partial charge is 0.497 e. The lowest BCUT2D eigenvalue weighted by atomic mass is 10.2. The summed E-state index contributed by atoms with van der Waals surface area (Å²) < 4.78 is 46.5. The molecule has 170 valence electrons. The first-order valence-electron chi connectivity index (χ1n) is 9.98. The second kappa shape index (κ2) is 9.08. The zero-order chi connectivity index (χ0) is 23.6. The summed E-state index contributed by atoms with van der Waals surface area (Å²) in [4.78, 5) is 30.9. The summed E-state index contributed by atoms with van der Waals surface area (Å²) in [6, 6.07) is 12.7. The molecule has 0 spiro atoms. The SMILES string of the molecule is COc1ccc(N2C(=O)CC(N(Cc3cccnc3)S(=O)(=O)c3ccc(F)cc3)C2=O)cc1. The fourth-order valence-electron chi connectivity index (χ4n) is 3.62. The number of ether oxygens (including phenoxy) is 1. The van der Waals surface area contributed by atoms with Crippen molar-refractivity contribution in [2.45, 2.75) is 23.9 Å². The van der Waals surface area contributed by atoms with Crippen LogP contribution in [-0.2, 0) is 26.2 Å². The van der Waals surface area contributed by atoms with E-state index >= 15 is 0 Å². The number of hydrogen-bond donors (Lipinski definition) is 0. The summed E-state index contributed by atoms with van der Waals surface area (Å²) in [6.07, 6.45) is 2.69. The van der Waals surface area contributed by atoms with Gasteiger partial charge in [0.1, 0.15) is 17.6 Å². The Kier molecular flexibility index (Phi) is 6.21. The van der Waals surface area contributed by atoms with E-state index in [9.17, 15) is 22.4 Å². The van der Waals surface area contributed by atoms with Crippen LogP contribution in [0.1, 0.15) is 12.0 Å². The van der Waals surface area contributed by atoms with Gasteiger partial charge in [-0.3, -0.25) is 14.6 Å². The highest BCUT2D eigenvalue weighted by Gasteiger charge is 2.47. The number of anilines is 1. The number of rotatable bonds is 7. The number of imide groups is 1. The van der Waals surface area contributed by atoms with Crippen LogP contribution < -0.4 is 9.64 Å². The zero-order valence-electron chi connectivity index (χ0n) is 17.6. The first-order valence-corrected chi connectivity index (χ1v) is 11.4. The van der Waals surface area contributed by atoms with Crippen LogP contribution in [0.3, 0.4) is 0 Å². The van der Waals surface area contributed by atoms with Gasteiger partial charge < -0.3 is 4.74 Å². The van der Waals surface area contributed by atoms with E-state index in [1.165, 1.54) is 19.5 Å². The highest BCUT2D eigenvalue weighted by molar-refractivity contribution is 7.89. The lowest BCUT2D eigenvalue weighted by Gasteiger charge is -2.27. The summed E-state index contributed by atoms with van der Waals surface area (Å²) in [5.74, 6) is -1.24. The van der Waals surface area contributed by atoms with Gasteiger partial charge in [-0.15, -0.1) is 0 Å². The predicted octanol–water partition coefficient (Wildman–Crippen LogP) is 2.75. The minimum absolute atomic E-state index is 0.184. The highest BCUT2D eigenvalue weighted by Crippen LogP contribution is 2.31. The number of benzene rings is 2. The Morgan fingerprint density at radius 1 is 1.09 bits per heavy atom. The number of carbonyl (C=O) groups is 2. The Morgan fingerprint density at radius 3 is 2.39 bits per heavy atom. The summed E-state index contributed by atoms with van der Waals surface area (Å²) in [5.41, 5.74) is 0.847. The van der Waals surface area contributed by atoms with Crippen LogP contribution in [0.15, 0.2) is 78.0 Å². The van der Waals surface area contributed by atoms with Crippen molar-refractivity contribution in [2.24, 2.45) is 0 Å². The van der Waals surface area contributed by atoms with Gasteiger partial charge >= 0.3 is 0 Å². The Balaban J connectivity index is 1.73. The molecule has 0 saturated carbocycles. The number of methoxy groups -OCH3 is 1. The summed E-state index contributed by atoms with van der Waals surface area (Å²) in [6.45, 7) is -0.187. The molecule has 0 bridgehead atoms. The standard InChI is InChI=1S/C23H20FN3O5S/c1-32-19-8-6-18(7-9-19)27-22(28)13-21(23(27)29)26(15-16-3-2-12-25-14-16)33(30,31)20-10-4-17(24)5-11-20/h2-12,14,21H,13,15H2,1H3.